The maximum Gasteiger partial charge on any atom is 0.269 e. The second-order valence-electron chi connectivity index (χ2n) is 4.83. The quantitative estimate of drug-likeness (QED) is 0.728. The van der Waals surface area contributed by atoms with E-state index in [1.165, 1.54) is 25.7 Å². The molecule has 1 aromatic rings. The minimum absolute atomic E-state index is 0. The van der Waals surface area contributed by atoms with E-state index in [-0.39, 0.29) is 30.3 Å². The van der Waals surface area contributed by atoms with Crippen molar-refractivity contribution in [2.45, 2.75) is 44.2 Å². The van der Waals surface area contributed by atoms with Crippen LogP contribution in [0.15, 0.2) is 0 Å². The summed E-state index contributed by atoms with van der Waals surface area (Å²) in [4.78, 5) is 12.0. The van der Waals surface area contributed by atoms with Gasteiger partial charge in [0.15, 0.2) is 0 Å². The van der Waals surface area contributed by atoms with Crippen LogP contribution in [0.25, 0.3) is 0 Å². The first-order valence-corrected chi connectivity index (χ1v) is 6.13. The van der Waals surface area contributed by atoms with Crippen LogP contribution in [0.4, 0.5) is 5.95 Å². The Kier molecular flexibility index (Phi) is 4.13. The van der Waals surface area contributed by atoms with Gasteiger partial charge in [-0.15, -0.1) is 17.5 Å². The molecule has 1 aliphatic heterocycles. The van der Waals surface area contributed by atoms with E-state index in [9.17, 15) is 4.79 Å². The fourth-order valence-electron chi connectivity index (χ4n) is 2.93. The predicted molar refractivity (Wildman–Crippen MR) is 67.3 cm³/mol. The SMILES string of the molecule is Cl.O=C(Nc1nn[nH]n1)C1CC2CCCCC2N1. The van der Waals surface area contributed by atoms with Gasteiger partial charge in [0, 0.05) is 6.04 Å². The highest BCUT2D eigenvalue weighted by Crippen LogP contribution is 2.33. The van der Waals surface area contributed by atoms with Crippen molar-refractivity contribution in [3.8, 4) is 0 Å². The van der Waals surface area contributed by atoms with Crippen LogP contribution in [0.5, 0.6) is 0 Å². The van der Waals surface area contributed by atoms with Gasteiger partial charge in [0.2, 0.25) is 5.91 Å². The highest BCUT2D eigenvalue weighted by atomic mass is 35.5. The minimum atomic E-state index is -0.110. The van der Waals surface area contributed by atoms with E-state index < -0.39 is 0 Å². The molecule has 1 saturated carbocycles. The molecule has 0 radical (unpaired) electrons. The molecular formula is C10H17ClN6O. The summed E-state index contributed by atoms with van der Waals surface area (Å²) in [5.41, 5.74) is 0. The average molecular weight is 273 g/mol. The zero-order valence-electron chi connectivity index (χ0n) is 9.93. The Balaban J connectivity index is 0.00000120. The molecule has 3 unspecified atom stereocenters. The molecule has 0 spiro atoms. The summed E-state index contributed by atoms with van der Waals surface area (Å²) in [6.07, 6.45) is 5.92. The number of rotatable bonds is 2. The molecule has 1 aliphatic carbocycles. The molecule has 2 heterocycles. The Morgan fingerprint density at radius 2 is 2.17 bits per heavy atom. The van der Waals surface area contributed by atoms with Gasteiger partial charge in [-0.1, -0.05) is 17.9 Å². The lowest BCUT2D eigenvalue weighted by Crippen LogP contribution is -2.40. The predicted octanol–water partition coefficient (Wildman–Crippen LogP) is 0.481. The third kappa shape index (κ3) is 2.62. The molecule has 3 rings (SSSR count). The monoisotopic (exact) mass is 272 g/mol. The molecular weight excluding hydrogens is 256 g/mol. The highest BCUT2D eigenvalue weighted by Gasteiger charge is 2.38. The fraction of sp³-hybridized carbons (Fsp3) is 0.800. The number of H-pyrrole nitrogens is 1. The molecule has 7 nitrogen and oxygen atoms in total. The smallest absolute Gasteiger partial charge is 0.269 e. The third-order valence-corrected chi connectivity index (χ3v) is 3.76. The van der Waals surface area contributed by atoms with Crippen LogP contribution in [0, 0.1) is 5.92 Å². The maximum absolute atomic E-state index is 12.0. The Labute approximate surface area is 111 Å². The summed E-state index contributed by atoms with van der Waals surface area (Å²) in [6, 6.07) is 0.409. The van der Waals surface area contributed by atoms with Gasteiger partial charge in [0.05, 0.1) is 6.04 Å². The zero-order chi connectivity index (χ0) is 11.7. The third-order valence-electron chi connectivity index (χ3n) is 3.76. The molecule has 0 aromatic carbocycles. The van der Waals surface area contributed by atoms with E-state index >= 15 is 0 Å². The first-order chi connectivity index (χ1) is 8.33. The molecule has 2 aliphatic rings. The summed E-state index contributed by atoms with van der Waals surface area (Å²) < 4.78 is 0. The fourth-order valence-corrected chi connectivity index (χ4v) is 2.93. The van der Waals surface area contributed by atoms with Crippen molar-refractivity contribution in [1.82, 2.24) is 25.9 Å². The number of fused-ring (bicyclic) bond motifs is 1. The number of halogens is 1. The van der Waals surface area contributed by atoms with Crippen molar-refractivity contribution in [3.63, 3.8) is 0 Å². The maximum atomic E-state index is 12.0. The summed E-state index contributed by atoms with van der Waals surface area (Å²) in [7, 11) is 0. The highest BCUT2D eigenvalue weighted by molar-refractivity contribution is 5.93. The van der Waals surface area contributed by atoms with Gasteiger partial charge < -0.3 is 5.32 Å². The molecule has 1 amide bonds. The van der Waals surface area contributed by atoms with Gasteiger partial charge in [-0.25, -0.2) is 0 Å². The van der Waals surface area contributed by atoms with Gasteiger partial charge >= 0.3 is 0 Å². The number of carbonyl (C=O) groups is 1. The lowest BCUT2D eigenvalue weighted by atomic mass is 9.85. The molecule has 0 bridgehead atoms. The number of aromatic nitrogens is 4. The number of carbonyl (C=O) groups excluding carboxylic acids is 1. The van der Waals surface area contributed by atoms with Crippen LogP contribution in [0.2, 0.25) is 0 Å². The Bertz CT molecular complexity index is 383. The Morgan fingerprint density at radius 1 is 1.33 bits per heavy atom. The molecule has 100 valence electrons. The minimum Gasteiger partial charge on any atom is -0.303 e. The Hall–Kier alpha value is -1.21. The van der Waals surface area contributed by atoms with Crippen LogP contribution >= 0.6 is 12.4 Å². The second kappa shape index (κ2) is 5.62. The lowest BCUT2D eigenvalue weighted by Gasteiger charge is -2.24. The van der Waals surface area contributed by atoms with Gasteiger partial charge in [-0.2, -0.15) is 5.21 Å². The van der Waals surface area contributed by atoms with Crippen molar-refractivity contribution >= 4 is 24.3 Å². The largest absolute Gasteiger partial charge is 0.303 e. The molecule has 2 fully saturated rings. The number of anilines is 1. The number of aromatic amines is 1. The number of nitrogens with zero attached hydrogens (tertiary/aromatic N) is 3. The van der Waals surface area contributed by atoms with Crippen LogP contribution in [0.1, 0.15) is 32.1 Å². The van der Waals surface area contributed by atoms with Crippen molar-refractivity contribution in [2.24, 2.45) is 5.92 Å². The van der Waals surface area contributed by atoms with Gasteiger partial charge in [0.25, 0.3) is 5.95 Å². The number of tetrazole rings is 1. The molecule has 1 saturated heterocycles. The van der Waals surface area contributed by atoms with Crippen molar-refractivity contribution in [1.29, 1.82) is 0 Å². The summed E-state index contributed by atoms with van der Waals surface area (Å²) in [6.45, 7) is 0. The van der Waals surface area contributed by atoms with E-state index in [4.69, 9.17) is 0 Å². The van der Waals surface area contributed by atoms with Gasteiger partial charge in [-0.3, -0.25) is 10.1 Å². The van der Waals surface area contributed by atoms with Gasteiger partial charge in [-0.05, 0) is 30.4 Å². The molecule has 18 heavy (non-hydrogen) atoms. The average Bonchev–Trinajstić information content (AvgIpc) is 2.96. The van der Waals surface area contributed by atoms with E-state index in [0.29, 0.717) is 12.0 Å². The normalized spacial score (nSPS) is 30.3. The van der Waals surface area contributed by atoms with Crippen molar-refractivity contribution in [3.05, 3.63) is 0 Å². The van der Waals surface area contributed by atoms with Gasteiger partial charge in [0.1, 0.15) is 0 Å². The van der Waals surface area contributed by atoms with Crippen LogP contribution in [0.3, 0.4) is 0 Å². The second-order valence-corrected chi connectivity index (χ2v) is 4.83. The van der Waals surface area contributed by atoms with Crippen LogP contribution in [-0.4, -0.2) is 38.6 Å². The lowest BCUT2D eigenvalue weighted by molar-refractivity contribution is -0.117. The molecule has 1 aromatic heterocycles. The molecule has 3 N–H and O–H groups in total. The summed E-state index contributed by atoms with van der Waals surface area (Å²) in [5, 5.41) is 19.2. The molecule has 8 heteroatoms. The Morgan fingerprint density at radius 3 is 2.89 bits per heavy atom. The standard InChI is InChI=1S/C10H16N6O.ClH/c17-9(12-10-13-15-16-14-10)8-5-6-3-1-2-4-7(6)11-8;/h6-8,11H,1-5H2,(H2,12,13,14,15,16,17);1H. The topological polar surface area (TPSA) is 95.6 Å². The zero-order valence-corrected chi connectivity index (χ0v) is 10.7. The number of hydrogen-bond donors (Lipinski definition) is 3. The first-order valence-electron chi connectivity index (χ1n) is 6.13. The van der Waals surface area contributed by atoms with E-state index in [1.807, 2.05) is 0 Å². The number of amides is 1. The van der Waals surface area contributed by atoms with E-state index in [0.717, 1.165) is 6.42 Å². The number of hydrogen-bond acceptors (Lipinski definition) is 5. The van der Waals surface area contributed by atoms with Crippen molar-refractivity contribution in [2.75, 3.05) is 5.32 Å². The summed E-state index contributed by atoms with van der Waals surface area (Å²) >= 11 is 0. The van der Waals surface area contributed by atoms with Crippen LogP contribution in [-0.2, 0) is 4.79 Å². The van der Waals surface area contributed by atoms with E-state index in [2.05, 4.69) is 31.3 Å². The number of nitrogens with one attached hydrogen (secondary N) is 3. The van der Waals surface area contributed by atoms with Crippen LogP contribution < -0.4 is 10.6 Å². The van der Waals surface area contributed by atoms with E-state index in [1.54, 1.807) is 0 Å². The summed E-state index contributed by atoms with van der Waals surface area (Å²) in [5.74, 6) is 0.845. The van der Waals surface area contributed by atoms with Crippen molar-refractivity contribution < 1.29 is 4.79 Å². The first kappa shape index (κ1) is 13.2. The molecule has 3 atom stereocenters.